The summed E-state index contributed by atoms with van der Waals surface area (Å²) in [5.41, 5.74) is 1.32. The van der Waals surface area contributed by atoms with E-state index >= 15 is 0 Å². The van der Waals surface area contributed by atoms with Gasteiger partial charge in [-0.05, 0) is 36.3 Å². The lowest BCUT2D eigenvalue weighted by molar-refractivity contribution is 0.222. The van der Waals surface area contributed by atoms with Gasteiger partial charge in [0.15, 0.2) is 0 Å². The Labute approximate surface area is 90.5 Å². The summed E-state index contributed by atoms with van der Waals surface area (Å²) in [6.45, 7) is 2.41. The molecule has 0 aromatic heterocycles. The first kappa shape index (κ1) is 11.6. The van der Waals surface area contributed by atoms with E-state index < -0.39 is 0 Å². The molecule has 0 bridgehead atoms. The van der Waals surface area contributed by atoms with Crippen LogP contribution in [-0.4, -0.2) is 18.0 Å². The van der Waals surface area contributed by atoms with Crippen molar-refractivity contribution in [2.24, 2.45) is 5.92 Å². The van der Waals surface area contributed by atoms with Crippen LogP contribution in [0, 0.1) is 5.92 Å². The molecule has 1 nitrogen and oxygen atoms in total. The van der Waals surface area contributed by atoms with Crippen molar-refractivity contribution in [3.63, 3.8) is 0 Å². The minimum atomic E-state index is 0.292. The van der Waals surface area contributed by atoms with Crippen LogP contribution in [0.2, 0.25) is 0 Å². The molecule has 1 rings (SSSR count). The average molecular weight is 210 g/mol. The molecule has 1 unspecified atom stereocenters. The van der Waals surface area contributed by atoms with Gasteiger partial charge in [-0.2, -0.15) is 0 Å². The van der Waals surface area contributed by atoms with E-state index in [0.717, 1.165) is 12.8 Å². The van der Waals surface area contributed by atoms with E-state index in [1.54, 1.807) is 11.8 Å². The van der Waals surface area contributed by atoms with Crippen molar-refractivity contribution >= 4 is 11.8 Å². The fraction of sp³-hybridized carbons (Fsp3) is 0.500. The molecule has 0 saturated heterocycles. The van der Waals surface area contributed by atoms with Crippen molar-refractivity contribution in [2.75, 3.05) is 12.9 Å². The van der Waals surface area contributed by atoms with E-state index in [0.29, 0.717) is 12.5 Å². The fourth-order valence-electron chi connectivity index (χ4n) is 1.43. The number of aliphatic hydroxyl groups is 1. The molecular weight excluding hydrogens is 192 g/mol. The molecule has 1 aromatic carbocycles. The SMILES string of the molecule is CCC(CO)Cc1ccc(SC)cc1. The standard InChI is InChI=1S/C12H18OS/c1-3-10(9-13)8-11-4-6-12(14-2)7-5-11/h4-7,10,13H,3,8-9H2,1-2H3. The van der Waals surface area contributed by atoms with Gasteiger partial charge in [0.25, 0.3) is 0 Å². The van der Waals surface area contributed by atoms with E-state index in [9.17, 15) is 0 Å². The number of aliphatic hydroxyl groups excluding tert-OH is 1. The molecule has 0 heterocycles. The zero-order chi connectivity index (χ0) is 10.4. The van der Waals surface area contributed by atoms with Gasteiger partial charge in [0.1, 0.15) is 0 Å². The van der Waals surface area contributed by atoms with E-state index in [2.05, 4.69) is 37.4 Å². The van der Waals surface area contributed by atoms with Crippen LogP contribution < -0.4 is 0 Å². The Bertz CT molecular complexity index is 252. The lowest BCUT2D eigenvalue weighted by atomic mass is 9.98. The highest BCUT2D eigenvalue weighted by Crippen LogP contribution is 2.17. The van der Waals surface area contributed by atoms with Gasteiger partial charge in [0.2, 0.25) is 0 Å². The Morgan fingerprint density at radius 3 is 2.36 bits per heavy atom. The molecule has 2 heteroatoms. The molecule has 0 spiro atoms. The molecule has 1 N–H and O–H groups in total. The van der Waals surface area contributed by atoms with Crippen molar-refractivity contribution in [2.45, 2.75) is 24.7 Å². The van der Waals surface area contributed by atoms with Crippen LogP contribution in [0.5, 0.6) is 0 Å². The first-order valence-electron chi connectivity index (χ1n) is 5.04. The predicted octanol–water partition coefficient (Wildman–Crippen LogP) is 2.97. The van der Waals surface area contributed by atoms with Crippen molar-refractivity contribution < 1.29 is 5.11 Å². The summed E-state index contributed by atoms with van der Waals surface area (Å²) in [5.74, 6) is 0.412. The molecule has 1 atom stereocenters. The van der Waals surface area contributed by atoms with Gasteiger partial charge in [-0.25, -0.2) is 0 Å². The van der Waals surface area contributed by atoms with Gasteiger partial charge < -0.3 is 5.11 Å². The minimum Gasteiger partial charge on any atom is -0.396 e. The molecule has 0 aliphatic rings. The summed E-state index contributed by atoms with van der Waals surface area (Å²) in [6.07, 6.45) is 4.11. The van der Waals surface area contributed by atoms with Gasteiger partial charge in [-0.15, -0.1) is 11.8 Å². The number of hydrogen-bond acceptors (Lipinski definition) is 2. The van der Waals surface area contributed by atoms with E-state index in [-0.39, 0.29) is 0 Å². The second-order valence-corrected chi connectivity index (χ2v) is 4.39. The van der Waals surface area contributed by atoms with Crippen LogP contribution in [0.1, 0.15) is 18.9 Å². The molecule has 14 heavy (non-hydrogen) atoms. The average Bonchev–Trinajstić information content (AvgIpc) is 2.26. The predicted molar refractivity (Wildman–Crippen MR) is 62.8 cm³/mol. The highest BCUT2D eigenvalue weighted by Gasteiger charge is 2.05. The van der Waals surface area contributed by atoms with Gasteiger partial charge in [-0.1, -0.05) is 25.5 Å². The quantitative estimate of drug-likeness (QED) is 0.754. The van der Waals surface area contributed by atoms with Gasteiger partial charge >= 0.3 is 0 Å². The Morgan fingerprint density at radius 2 is 1.93 bits per heavy atom. The number of benzene rings is 1. The van der Waals surface area contributed by atoms with Crippen LogP contribution in [0.15, 0.2) is 29.2 Å². The molecule has 0 aliphatic carbocycles. The van der Waals surface area contributed by atoms with Crippen LogP contribution in [0.25, 0.3) is 0 Å². The zero-order valence-corrected chi connectivity index (χ0v) is 9.68. The van der Waals surface area contributed by atoms with Crippen LogP contribution in [0.4, 0.5) is 0 Å². The Kier molecular flexibility index (Phi) is 5.05. The van der Waals surface area contributed by atoms with Crippen LogP contribution in [0.3, 0.4) is 0 Å². The first-order valence-corrected chi connectivity index (χ1v) is 6.26. The van der Waals surface area contributed by atoms with Crippen molar-refractivity contribution in [3.8, 4) is 0 Å². The third-order valence-electron chi connectivity index (χ3n) is 2.52. The third kappa shape index (κ3) is 3.35. The normalized spacial score (nSPS) is 12.8. The summed E-state index contributed by atoms with van der Waals surface area (Å²) in [4.78, 5) is 1.30. The number of hydrogen-bond donors (Lipinski definition) is 1. The summed E-state index contributed by atoms with van der Waals surface area (Å²) in [6, 6.07) is 8.60. The van der Waals surface area contributed by atoms with Gasteiger partial charge in [-0.3, -0.25) is 0 Å². The lowest BCUT2D eigenvalue weighted by Crippen LogP contribution is -2.07. The topological polar surface area (TPSA) is 20.2 Å². The molecule has 0 amide bonds. The van der Waals surface area contributed by atoms with E-state index in [1.165, 1.54) is 10.5 Å². The second-order valence-electron chi connectivity index (χ2n) is 3.51. The molecule has 0 radical (unpaired) electrons. The minimum absolute atomic E-state index is 0.292. The Balaban J connectivity index is 2.58. The number of rotatable bonds is 5. The van der Waals surface area contributed by atoms with Gasteiger partial charge in [0.05, 0.1) is 0 Å². The second kappa shape index (κ2) is 6.10. The van der Waals surface area contributed by atoms with Crippen molar-refractivity contribution in [3.05, 3.63) is 29.8 Å². The van der Waals surface area contributed by atoms with Crippen molar-refractivity contribution in [1.82, 2.24) is 0 Å². The smallest absolute Gasteiger partial charge is 0.0462 e. The fourth-order valence-corrected chi connectivity index (χ4v) is 1.84. The van der Waals surface area contributed by atoms with Crippen molar-refractivity contribution in [1.29, 1.82) is 0 Å². The maximum atomic E-state index is 9.08. The molecular formula is C12H18OS. The maximum absolute atomic E-state index is 9.08. The Morgan fingerprint density at radius 1 is 1.29 bits per heavy atom. The summed E-state index contributed by atoms with van der Waals surface area (Å²) in [5, 5.41) is 9.08. The summed E-state index contributed by atoms with van der Waals surface area (Å²) < 4.78 is 0. The lowest BCUT2D eigenvalue weighted by Gasteiger charge is -2.11. The Hall–Kier alpha value is -0.470. The highest BCUT2D eigenvalue weighted by atomic mass is 32.2. The molecule has 78 valence electrons. The largest absolute Gasteiger partial charge is 0.396 e. The molecule has 1 aromatic rings. The first-order chi connectivity index (χ1) is 6.80. The maximum Gasteiger partial charge on any atom is 0.0462 e. The molecule has 0 fully saturated rings. The van der Waals surface area contributed by atoms with Gasteiger partial charge in [0, 0.05) is 11.5 Å². The van der Waals surface area contributed by atoms with Crippen LogP contribution >= 0.6 is 11.8 Å². The van der Waals surface area contributed by atoms with E-state index in [4.69, 9.17) is 5.11 Å². The monoisotopic (exact) mass is 210 g/mol. The molecule has 0 aliphatic heterocycles. The summed E-state index contributed by atoms with van der Waals surface area (Å²) in [7, 11) is 0. The third-order valence-corrected chi connectivity index (χ3v) is 3.26. The zero-order valence-electron chi connectivity index (χ0n) is 8.86. The van der Waals surface area contributed by atoms with Crippen LogP contribution in [-0.2, 0) is 6.42 Å². The number of thioether (sulfide) groups is 1. The molecule has 0 saturated carbocycles. The summed E-state index contributed by atoms with van der Waals surface area (Å²) >= 11 is 1.76. The highest BCUT2D eigenvalue weighted by molar-refractivity contribution is 7.98. The van der Waals surface area contributed by atoms with E-state index in [1.807, 2.05) is 0 Å².